The molecule has 0 aromatic heterocycles. The average Bonchev–Trinajstić information content (AvgIpc) is 2.48. The molecule has 0 unspecified atom stereocenters. The highest BCUT2D eigenvalue weighted by Gasteiger charge is 2.20. The van der Waals surface area contributed by atoms with Gasteiger partial charge in [0.15, 0.2) is 0 Å². The smallest absolute Gasteiger partial charge is 0.411 e. The molecular weight excluding hydrogens is 256 g/mol. The molecule has 5 heteroatoms. The normalized spacial score (nSPS) is 17.3. The van der Waals surface area contributed by atoms with Crippen LogP contribution < -0.4 is 10.6 Å². The van der Waals surface area contributed by atoms with E-state index in [4.69, 9.17) is 4.74 Å². The third kappa shape index (κ3) is 4.13. The summed E-state index contributed by atoms with van der Waals surface area (Å²) in [5.41, 5.74) is 1.72. The Bertz CT molecular complexity index is 444. The summed E-state index contributed by atoms with van der Waals surface area (Å²) in [6.45, 7) is 3.89. The minimum atomic E-state index is -0.459. The first-order valence-corrected chi connectivity index (χ1v) is 6.98. The maximum absolute atomic E-state index is 11.2. The van der Waals surface area contributed by atoms with E-state index < -0.39 is 6.09 Å². The van der Waals surface area contributed by atoms with E-state index in [2.05, 4.69) is 22.3 Å². The summed E-state index contributed by atoms with van der Waals surface area (Å²) in [6.07, 6.45) is 1.72. The first kappa shape index (κ1) is 14.7. The second kappa shape index (κ2) is 7.14. The lowest BCUT2D eigenvalue weighted by Gasteiger charge is -2.29. The maximum Gasteiger partial charge on any atom is 0.411 e. The molecule has 1 aromatic rings. The van der Waals surface area contributed by atoms with Gasteiger partial charge in [-0.2, -0.15) is 0 Å². The van der Waals surface area contributed by atoms with E-state index >= 15 is 0 Å². The average molecular weight is 278 g/mol. The largest absolute Gasteiger partial charge is 0.453 e. The molecule has 2 rings (SSSR count). The molecule has 1 fully saturated rings. The predicted octanol–water partition coefficient (Wildman–Crippen LogP) is 3.09. The van der Waals surface area contributed by atoms with Crippen LogP contribution >= 0.6 is 0 Å². The van der Waals surface area contributed by atoms with E-state index in [1.807, 2.05) is 24.3 Å². The van der Waals surface area contributed by atoms with Gasteiger partial charge in [-0.15, -0.1) is 0 Å². The van der Waals surface area contributed by atoms with Gasteiger partial charge in [0.2, 0.25) is 0 Å². The van der Waals surface area contributed by atoms with Crippen molar-refractivity contribution in [1.82, 2.24) is 0 Å². The van der Waals surface area contributed by atoms with E-state index in [1.54, 1.807) is 0 Å². The Morgan fingerprint density at radius 3 is 2.75 bits per heavy atom. The molecule has 1 amide bonds. The van der Waals surface area contributed by atoms with Crippen LogP contribution in [0.5, 0.6) is 0 Å². The van der Waals surface area contributed by atoms with Gasteiger partial charge < -0.3 is 14.8 Å². The Kier molecular flexibility index (Phi) is 5.24. The summed E-state index contributed by atoms with van der Waals surface area (Å²) in [7, 11) is 1.35. The van der Waals surface area contributed by atoms with E-state index in [0.717, 1.165) is 37.4 Å². The number of hydrogen-bond acceptors (Lipinski definition) is 4. The Hall–Kier alpha value is -1.75. The van der Waals surface area contributed by atoms with Gasteiger partial charge in [0.05, 0.1) is 7.11 Å². The van der Waals surface area contributed by atoms with Gasteiger partial charge in [0, 0.05) is 30.6 Å². The van der Waals surface area contributed by atoms with Crippen molar-refractivity contribution < 1.29 is 14.3 Å². The molecule has 0 aliphatic carbocycles. The summed E-state index contributed by atoms with van der Waals surface area (Å²) in [5.74, 6) is 0.626. The highest BCUT2D eigenvalue weighted by molar-refractivity contribution is 5.85. The Balaban J connectivity index is 1.94. The van der Waals surface area contributed by atoms with Crippen LogP contribution in [0.3, 0.4) is 0 Å². The molecule has 5 nitrogen and oxygen atoms in total. The molecule has 0 bridgehead atoms. The number of rotatable bonds is 4. The first-order chi connectivity index (χ1) is 9.69. The highest BCUT2D eigenvalue weighted by Crippen LogP contribution is 2.23. The van der Waals surface area contributed by atoms with Crippen LogP contribution in [0.4, 0.5) is 16.2 Å². The maximum atomic E-state index is 11.2. The van der Waals surface area contributed by atoms with Gasteiger partial charge in [0.1, 0.15) is 0 Å². The van der Waals surface area contributed by atoms with E-state index in [9.17, 15) is 4.79 Å². The lowest BCUT2D eigenvalue weighted by molar-refractivity contribution is 0.0622. The predicted molar refractivity (Wildman–Crippen MR) is 79.1 cm³/mol. The lowest BCUT2D eigenvalue weighted by Crippen LogP contribution is -2.30. The molecule has 1 heterocycles. The number of ether oxygens (including phenoxy) is 2. The summed E-state index contributed by atoms with van der Waals surface area (Å²) in [5, 5.41) is 6.16. The van der Waals surface area contributed by atoms with E-state index in [0.29, 0.717) is 12.0 Å². The highest BCUT2D eigenvalue weighted by atomic mass is 16.5. The van der Waals surface area contributed by atoms with Crippen LogP contribution in [0.1, 0.15) is 19.8 Å². The molecule has 2 N–H and O–H groups in total. The number of benzene rings is 1. The van der Waals surface area contributed by atoms with Gasteiger partial charge in [-0.1, -0.05) is 6.07 Å². The molecule has 1 saturated heterocycles. The molecule has 1 atom stereocenters. The summed E-state index contributed by atoms with van der Waals surface area (Å²) in [4.78, 5) is 11.2. The fourth-order valence-corrected chi connectivity index (χ4v) is 2.45. The van der Waals surface area contributed by atoms with Gasteiger partial charge >= 0.3 is 6.09 Å². The second-order valence-electron chi connectivity index (χ2n) is 5.08. The molecule has 0 spiro atoms. The topological polar surface area (TPSA) is 59.6 Å². The quantitative estimate of drug-likeness (QED) is 0.888. The summed E-state index contributed by atoms with van der Waals surface area (Å²) < 4.78 is 9.97. The van der Waals surface area contributed by atoms with Crippen molar-refractivity contribution in [2.75, 3.05) is 31.0 Å². The van der Waals surface area contributed by atoms with Gasteiger partial charge in [-0.3, -0.25) is 5.32 Å². The third-order valence-corrected chi connectivity index (χ3v) is 3.66. The fourth-order valence-electron chi connectivity index (χ4n) is 2.45. The SMILES string of the molecule is COC(=O)Nc1cccc(N[C@H](C)C2CCOCC2)c1. The van der Waals surface area contributed by atoms with Gasteiger partial charge in [-0.05, 0) is 43.9 Å². The van der Waals surface area contributed by atoms with Gasteiger partial charge in [0.25, 0.3) is 0 Å². The molecule has 1 aliphatic rings. The zero-order chi connectivity index (χ0) is 14.4. The van der Waals surface area contributed by atoms with Crippen molar-refractivity contribution in [3.8, 4) is 0 Å². The molecule has 1 aliphatic heterocycles. The molecular formula is C15H22N2O3. The minimum absolute atomic E-state index is 0.382. The van der Waals surface area contributed by atoms with Crippen LogP contribution in [0.15, 0.2) is 24.3 Å². The van der Waals surface area contributed by atoms with Crippen LogP contribution in [0.2, 0.25) is 0 Å². The Labute approximate surface area is 119 Å². The van der Waals surface area contributed by atoms with Crippen molar-refractivity contribution in [2.24, 2.45) is 5.92 Å². The van der Waals surface area contributed by atoms with Crippen LogP contribution in [-0.4, -0.2) is 32.5 Å². The van der Waals surface area contributed by atoms with E-state index in [1.165, 1.54) is 7.11 Å². The number of carbonyl (C=O) groups is 1. The zero-order valence-electron chi connectivity index (χ0n) is 12.0. The lowest BCUT2D eigenvalue weighted by atomic mass is 9.93. The number of amides is 1. The Morgan fingerprint density at radius 2 is 2.05 bits per heavy atom. The number of methoxy groups -OCH3 is 1. The van der Waals surface area contributed by atoms with Crippen LogP contribution in [-0.2, 0) is 9.47 Å². The third-order valence-electron chi connectivity index (χ3n) is 3.66. The second-order valence-corrected chi connectivity index (χ2v) is 5.08. The van der Waals surface area contributed by atoms with Crippen molar-refractivity contribution in [3.63, 3.8) is 0 Å². The number of anilines is 2. The number of nitrogens with one attached hydrogen (secondary N) is 2. The first-order valence-electron chi connectivity index (χ1n) is 6.98. The van der Waals surface area contributed by atoms with Crippen molar-refractivity contribution in [1.29, 1.82) is 0 Å². The fraction of sp³-hybridized carbons (Fsp3) is 0.533. The number of hydrogen-bond donors (Lipinski definition) is 2. The zero-order valence-corrected chi connectivity index (χ0v) is 12.0. The summed E-state index contributed by atoms with van der Waals surface area (Å²) in [6, 6.07) is 8.03. The van der Waals surface area contributed by atoms with Crippen LogP contribution in [0, 0.1) is 5.92 Å². The molecule has 0 radical (unpaired) electrons. The minimum Gasteiger partial charge on any atom is -0.453 e. The number of carbonyl (C=O) groups excluding carboxylic acids is 1. The molecule has 0 saturated carbocycles. The van der Waals surface area contributed by atoms with Crippen molar-refractivity contribution in [3.05, 3.63) is 24.3 Å². The molecule has 20 heavy (non-hydrogen) atoms. The Morgan fingerprint density at radius 1 is 1.35 bits per heavy atom. The van der Waals surface area contributed by atoms with Crippen LogP contribution in [0.25, 0.3) is 0 Å². The van der Waals surface area contributed by atoms with Crippen molar-refractivity contribution in [2.45, 2.75) is 25.8 Å². The molecule has 1 aromatic carbocycles. The molecule has 110 valence electrons. The van der Waals surface area contributed by atoms with E-state index in [-0.39, 0.29) is 0 Å². The summed E-state index contributed by atoms with van der Waals surface area (Å²) >= 11 is 0. The standard InChI is InChI=1S/C15H22N2O3/c1-11(12-6-8-20-9-7-12)16-13-4-3-5-14(10-13)17-15(18)19-2/h3-5,10-12,16H,6-9H2,1-2H3,(H,17,18)/t11-/m1/s1. The monoisotopic (exact) mass is 278 g/mol. The van der Waals surface area contributed by atoms with Crippen molar-refractivity contribution >= 4 is 17.5 Å². The van der Waals surface area contributed by atoms with Gasteiger partial charge in [-0.25, -0.2) is 4.79 Å².